The number of ether oxygens (including phenoxy) is 2. The van der Waals surface area contributed by atoms with Crippen LogP contribution in [0.1, 0.15) is 68.8 Å². The lowest BCUT2D eigenvalue weighted by molar-refractivity contribution is -0.142. The lowest BCUT2D eigenvalue weighted by atomic mass is 9.68. The van der Waals surface area contributed by atoms with Gasteiger partial charge in [-0.05, 0) is 43.9 Å². The van der Waals surface area contributed by atoms with E-state index >= 15 is 0 Å². The monoisotopic (exact) mass is 452 g/mol. The Kier molecular flexibility index (Phi) is 7.13. The summed E-state index contributed by atoms with van der Waals surface area (Å²) >= 11 is 0. The minimum atomic E-state index is -4.68. The number of halogens is 3. The lowest BCUT2D eigenvalue weighted by Gasteiger charge is -2.47. The van der Waals surface area contributed by atoms with Gasteiger partial charge in [-0.25, -0.2) is 4.79 Å². The first-order valence-electron chi connectivity index (χ1n) is 9.67. The minimum absolute atomic E-state index is 0.201. The molecule has 6 nitrogen and oxygen atoms in total. The molecule has 1 aliphatic rings. The fourth-order valence-electron chi connectivity index (χ4n) is 3.63. The summed E-state index contributed by atoms with van der Waals surface area (Å²) < 4.78 is 81.8. The molecule has 0 heterocycles. The molecule has 1 aliphatic carbocycles. The van der Waals surface area contributed by atoms with Crippen LogP contribution in [0.5, 0.6) is 5.75 Å². The van der Waals surface area contributed by atoms with Gasteiger partial charge in [-0.15, -0.1) is 0 Å². The van der Waals surface area contributed by atoms with Crippen molar-refractivity contribution in [2.45, 2.75) is 64.7 Å². The molecule has 0 aromatic heterocycles. The maximum Gasteiger partial charge on any atom is 0.419 e. The number of benzene rings is 1. The predicted molar refractivity (Wildman–Crippen MR) is 104 cm³/mol. The molecular weight excluding hydrogens is 425 g/mol. The molecule has 0 unspecified atom stereocenters. The number of hydrogen-bond acceptors (Lipinski definition) is 5. The molecule has 1 aromatic rings. The van der Waals surface area contributed by atoms with Gasteiger partial charge in [-0.3, -0.25) is 4.55 Å². The zero-order valence-electron chi connectivity index (χ0n) is 17.2. The van der Waals surface area contributed by atoms with Crippen LogP contribution in [0, 0.1) is 5.41 Å². The summed E-state index contributed by atoms with van der Waals surface area (Å²) in [5, 5.41) is 0. The van der Waals surface area contributed by atoms with E-state index in [1.165, 1.54) is 0 Å². The van der Waals surface area contributed by atoms with Gasteiger partial charge in [0.2, 0.25) is 0 Å². The summed E-state index contributed by atoms with van der Waals surface area (Å²) in [7, 11) is -4.33. The Morgan fingerprint density at radius 1 is 1.13 bits per heavy atom. The number of carbonyl (C=O) groups is 1. The Labute approximate surface area is 174 Å². The van der Waals surface area contributed by atoms with Gasteiger partial charge in [-0.1, -0.05) is 27.2 Å². The minimum Gasteiger partial charge on any atom is -0.486 e. The van der Waals surface area contributed by atoms with E-state index in [0.717, 1.165) is 37.5 Å². The van der Waals surface area contributed by atoms with Gasteiger partial charge in [0.1, 0.15) is 23.7 Å². The average molecular weight is 452 g/mol. The number of esters is 1. The summed E-state index contributed by atoms with van der Waals surface area (Å²) in [6.45, 7) is 5.12. The molecule has 0 amide bonds. The van der Waals surface area contributed by atoms with Crippen LogP contribution in [0.25, 0.3) is 0 Å². The van der Waals surface area contributed by atoms with E-state index in [1.807, 2.05) is 20.8 Å². The van der Waals surface area contributed by atoms with Crippen molar-refractivity contribution in [2.24, 2.45) is 5.41 Å². The summed E-state index contributed by atoms with van der Waals surface area (Å²) in [5.74, 6) is -2.27. The summed E-state index contributed by atoms with van der Waals surface area (Å²) in [6, 6.07) is 2.70. The van der Waals surface area contributed by atoms with Crippen molar-refractivity contribution in [3.05, 3.63) is 29.3 Å². The van der Waals surface area contributed by atoms with Crippen molar-refractivity contribution < 1.29 is 40.4 Å². The van der Waals surface area contributed by atoms with Gasteiger partial charge in [-0.2, -0.15) is 21.6 Å². The first-order chi connectivity index (χ1) is 13.6. The Hall–Kier alpha value is -1.81. The molecular formula is C20H27F3O6S. The SMILES string of the molecule is CC(C)(C)C1(Oc2cc(C(=O)OCCS(=O)(=O)O)ccc2C(F)(F)F)CCCCC1. The van der Waals surface area contributed by atoms with Crippen LogP contribution in [-0.2, 0) is 21.0 Å². The van der Waals surface area contributed by atoms with Crippen molar-refractivity contribution in [1.82, 2.24) is 0 Å². The van der Waals surface area contributed by atoms with Crippen LogP contribution in [0.3, 0.4) is 0 Å². The van der Waals surface area contributed by atoms with E-state index in [-0.39, 0.29) is 5.56 Å². The summed E-state index contributed by atoms with van der Waals surface area (Å²) in [6.07, 6.45) is -0.858. The highest BCUT2D eigenvalue weighted by Gasteiger charge is 2.46. The van der Waals surface area contributed by atoms with Crippen molar-refractivity contribution >= 4 is 16.1 Å². The molecule has 10 heteroatoms. The van der Waals surface area contributed by atoms with Gasteiger partial charge < -0.3 is 9.47 Å². The second-order valence-corrected chi connectivity index (χ2v) is 10.1. The highest BCUT2D eigenvalue weighted by Crippen LogP contribution is 2.47. The van der Waals surface area contributed by atoms with E-state index in [1.54, 1.807) is 0 Å². The van der Waals surface area contributed by atoms with E-state index in [9.17, 15) is 26.4 Å². The largest absolute Gasteiger partial charge is 0.486 e. The van der Waals surface area contributed by atoms with Crippen LogP contribution in [0.15, 0.2) is 18.2 Å². The average Bonchev–Trinajstić information content (AvgIpc) is 2.59. The summed E-state index contributed by atoms with van der Waals surface area (Å²) in [4.78, 5) is 12.2. The van der Waals surface area contributed by atoms with Crippen LogP contribution in [0.2, 0.25) is 0 Å². The van der Waals surface area contributed by atoms with E-state index in [0.29, 0.717) is 12.8 Å². The van der Waals surface area contributed by atoms with E-state index < -0.39 is 57.0 Å². The number of alkyl halides is 3. The zero-order valence-corrected chi connectivity index (χ0v) is 18.0. The topological polar surface area (TPSA) is 89.9 Å². The third-order valence-electron chi connectivity index (χ3n) is 5.43. The Morgan fingerprint density at radius 2 is 1.73 bits per heavy atom. The fourth-order valence-corrected chi connectivity index (χ4v) is 3.92. The molecule has 0 radical (unpaired) electrons. The molecule has 1 saturated carbocycles. The van der Waals surface area contributed by atoms with Crippen molar-refractivity contribution in [3.8, 4) is 5.75 Å². The Morgan fingerprint density at radius 3 is 2.23 bits per heavy atom. The van der Waals surface area contributed by atoms with Gasteiger partial charge in [0.25, 0.3) is 10.1 Å². The Bertz CT molecular complexity index is 866. The van der Waals surface area contributed by atoms with Gasteiger partial charge in [0.15, 0.2) is 0 Å². The van der Waals surface area contributed by atoms with Crippen molar-refractivity contribution in [3.63, 3.8) is 0 Å². The van der Waals surface area contributed by atoms with E-state index in [4.69, 9.17) is 14.0 Å². The molecule has 170 valence electrons. The third kappa shape index (κ3) is 6.10. The first kappa shape index (κ1) is 24.5. The molecule has 30 heavy (non-hydrogen) atoms. The normalized spacial score (nSPS) is 17.4. The summed E-state index contributed by atoms with van der Waals surface area (Å²) in [5.41, 5.74) is -2.46. The predicted octanol–water partition coefficient (Wildman–Crippen LogP) is 4.88. The molecule has 0 spiro atoms. The molecule has 0 saturated heterocycles. The second kappa shape index (κ2) is 8.74. The van der Waals surface area contributed by atoms with Crippen LogP contribution in [-0.4, -0.2) is 36.9 Å². The molecule has 0 atom stereocenters. The van der Waals surface area contributed by atoms with Crippen LogP contribution >= 0.6 is 0 Å². The maximum absolute atomic E-state index is 13.6. The highest BCUT2D eigenvalue weighted by molar-refractivity contribution is 7.85. The second-order valence-electron chi connectivity index (χ2n) is 8.54. The van der Waals surface area contributed by atoms with Crippen LogP contribution in [0.4, 0.5) is 13.2 Å². The number of hydrogen-bond donors (Lipinski definition) is 1. The smallest absolute Gasteiger partial charge is 0.419 e. The standard InChI is InChI=1S/C20H27F3O6S/c1-18(2,3)19(9-5-4-6-10-19)29-16-13-14(7-8-15(16)20(21,22)23)17(24)28-11-12-30(25,26)27/h7-8,13H,4-6,9-12H2,1-3H3,(H,25,26,27). The van der Waals surface area contributed by atoms with Gasteiger partial charge in [0.05, 0.1) is 11.1 Å². The third-order valence-corrected chi connectivity index (χ3v) is 6.11. The molecule has 0 bridgehead atoms. The molecule has 1 N–H and O–H groups in total. The highest BCUT2D eigenvalue weighted by atomic mass is 32.2. The van der Waals surface area contributed by atoms with Crippen molar-refractivity contribution in [2.75, 3.05) is 12.4 Å². The fraction of sp³-hybridized carbons (Fsp3) is 0.650. The number of carbonyl (C=O) groups excluding carboxylic acids is 1. The maximum atomic E-state index is 13.6. The molecule has 1 aromatic carbocycles. The van der Waals surface area contributed by atoms with E-state index in [2.05, 4.69) is 0 Å². The molecule has 0 aliphatic heterocycles. The number of rotatable bonds is 6. The molecule has 2 rings (SSSR count). The Balaban J connectivity index is 2.38. The quantitative estimate of drug-likeness (QED) is 0.489. The van der Waals surface area contributed by atoms with Gasteiger partial charge in [0, 0.05) is 5.41 Å². The van der Waals surface area contributed by atoms with Crippen LogP contribution < -0.4 is 4.74 Å². The first-order valence-corrected chi connectivity index (χ1v) is 11.3. The van der Waals surface area contributed by atoms with Gasteiger partial charge >= 0.3 is 12.1 Å². The lowest BCUT2D eigenvalue weighted by Crippen LogP contribution is -2.49. The molecule has 1 fully saturated rings. The van der Waals surface area contributed by atoms with Crippen molar-refractivity contribution in [1.29, 1.82) is 0 Å². The zero-order chi connectivity index (χ0) is 22.8.